The predicted molar refractivity (Wildman–Crippen MR) is 65.7 cm³/mol. The van der Waals surface area contributed by atoms with Crippen molar-refractivity contribution >= 4 is 5.69 Å². The Balaban J connectivity index is 2.61. The normalized spacial score (nSPS) is 9.75. The third-order valence-electron chi connectivity index (χ3n) is 2.61. The van der Waals surface area contributed by atoms with E-state index < -0.39 is 0 Å². The summed E-state index contributed by atoms with van der Waals surface area (Å²) in [4.78, 5) is 0. The number of aryl methyl sites for hydroxylation is 1. The highest BCUT2D eigenvalue weighted by Gasteiger charge is 2.05. The first-order valence-corrected chi connectivity index (χ1v) is 5.08. The zero-order chi connectivity index (χ0) is 11.5. The molecule has 0 bridgehead atoms. The molecule has 0 saturated carbocycles. The summed E-state index contributed by atoms with van der Waals surface area (Å²) in [6.07, 6.45) is 0. The fraction of sp³-hybridized carbons (Fsp3) is 0.0714. The number of nitrogen functional groups attached to an aromatic ring is 1. The topological polar surface area (TPSA) is 49.8 Å². The molecule has 2 aromatic carbocycles. The zero-order valence-electron chi connectivity index (χ0n) is 9.07. The third kappa shape index (κ3) is 1.76. The van der Waals surface area contributed by atoms with Crippen molar-refractivity contribution in [1.29, 1.82) is 5.26 Å². The second-order valence-electron chi connectivity index (χ2n) is 3.73. The molecule has 2 rings (SSSR count). The summed E-state index contributed by atoms with van der Waals surface area (Å²) in [7, 11) is 0. The molecule has 0 aliphatic rings. The van der Waals surface area contributed by atoms with Crippen molar-refractivity contribution in [2.24, 2.45) is 0 Å². The van der Waals surface area contributed by atoms with Gasteiger partial charge in [-0.05, 0) is 35.7 Å². The van der Waals surface area contributed by atoms with E-state index in [2.05, 4.69) is 6.07 Å². The first-order valence-electron chi connectivity index (χ1n) is 5.08. The van der Waals surface area contributed by atoms with Crippen LogP contribution in [-0.4, -0.2) is 0 Å². The molecule has 2 aromatic rings. The summed E-state index contributed by atoms with van der Waals surface area (Å²) in [5, 5.41) is 8.98. The van der Waals surface area contributed by atoms with Crippen LogP contribution in [0.3, 0.4) is 0 Å². The number of benzene rings is 2. The van der Waals surface area contributed by atoms with Gasteiger partial charge in [0.1, 0.15) is 6.07 Å². The van der Waals surface area contributed by atoms with Gasteiger partial charge in [0.25, 0.3) is 0 Å². The molecule has 0 aliphatic heterocycles. The molecular weight excluding hydrogens is 196 g/mol. The van der Waals surface area contributed by atoms with Gasteiger partial charge in [-0.15, -0.1) is 0 Å². The minimum absolute atomic E-state index is 0.541. The average Bonchev–Trinajstić information content (AvgIpc) is 2.33. The summed E-state index contributed by atoms with van der Waals surface area (Å²) in [5.41, 5.74) is 10.0. The molecule has 2 nitrogen and oxygen atoms in total. The summed E-state index contributed by atoms with van der Waals surface area (Å²) in [6.45, 7) is 1.92. The molecule has 0 radical (unpaired) electrons. The Morgan fingerprint density at radius 3 is 2.38 bits per heavy atom. The van der Waals surface area contributed by atoms with Crippen molar-refractivity contribution in [3.63, 3.8) is 0 Å². The lowest BCUT2D eigenvalue weighted by atomic mass is 9.99. The number of anilines is 1. The lowest BCUT2D eigenvalue weighted by Crippen LogP contribution is -1.95. The number of hydrogen-bond acceptors (Lipinski definition) is 2. The van der Waals surface area contributed by atoms with E-state index in [0.717, 1.165) is 16.7 Å². The zero-order valence-corrected chi connectivity index (χ0v) is 9.07. The van der Waals surface area contributed by atoms with Gasteiger partial charge in [0.05, 0.1) is 11.3 Å². The van der Waals surface area contributed by atoms with Crippen molar-refractivity contribution in [1.82, 2.24) is 0 Å². The number of nitriles is 1. The van der Waals surface area contributed by atoms with Crippen LogP contribution in [0.2, 0.25) is 0 Å². The molecule has 0 heterocycles. The van der Waals surface area contributed by atoms with Gasteiger partial charge in [0.2, 0.25) is 0 Å². The monoisotopic (exact) mass is 208 g/mol. The highest BCUT2D eigenvalue weighted by molar-refractivity contribution is 5.72. The molecule has 0 fully saturated rings. The molecule has 0 unspecified atom stereocenters. The van der Waals surface area contributed by atoms with Crippen LogP contribution in [0.15, 0.2) is 42.5 Å². The molecule has 0 aromatic heterocycles. The standard InChI is InChI=1S/C14H12N2/c1-10-7-12(8-13(9-15)14(10)16)11-5-3-2-4-6-11/h2-8H,16H2,1H3. The van der Waals surface area contributed by atoms with Crippen LogP contribution in [0, 0.1) is 18.3 Å². The molecule has 0 aliphatic carbocycles. The summed E-state index contributed by atoms with van der Waals surface area (Å²) < 4.78 is 0. The number of nitrogens with two attached hydrogens (primary N) is 1. The minimum Gasteiger partial charge on any atom is -0.397 e. The van der Waals surface area contributed by atoms with Crippen LogP contribution < -0.4 is 5.73 Å². The highest BCUT2D eigenvalue weighted by Crippen LogP contribution is 2.26. The molecule has 0 atom stereocenters. The predicted octanol–water partition coefficient (Wildman–Crippen LogP) is 3.12. The van der Waals surface area contributed by atoms with Crippen LogP contribution in [0.25, 0.3) is 11.1 Å². The lowest BCUT2D eigenvalue weighted by Gasteiger charge is -2.07. The minimum atomic E-state index is 0.541. The second-order valence-corrected chi connectivity index (χ2v) is 3.73. The van der Waals surface area contributed by atoms with Crippen molar-refractivity contribution in [3.05, 3.63) is 53.6 Å². The first kappa shape index (κ1) is 10.3. The molecular formula is C14H12N2. The maximum absolute atomic E-state index is 8.98. The van der Waals surface area contributed by atoms with E-state index in [4.69, 9.17) is 11.0 Å². The molecule has 0 amide bonds. The molecule has 2 N–H and O–H groups in total. The van der Waals surface area contributed by atoms with Crippen molar-refractivity contribution in [2.45, 2.75) is 6.92 Å². The molecule has 78 valence electrons. The summed E-state index contributed by atoms with van der Waals surface area (Å²) in [5.74, 6) is 0. The molecule has 16 heavy (non-hydrogen) atoms. The Bertz CT molecular complexity index is 551. The van der Waals surface area contributed by atoms with Gasteiger partial charge in [0, 0.05) is 0 Å². The second kappa shape index (κ2) is 4.08. The Morgan fingerprint density at radius 1 is 1.06 bits per heavy atom. The van der Waals surface area contributed by atoms with Gasteiger partial charge in [-0.1, -0.05) is 30.3 Å². The van der Waals surface area contributed by atoms with E-state index in [0.29, 0.717) is 11.3 Å². The first-order chi connectivity index (χ1) is 7.72. The lowest BCUT2D eigenvalue weighted by molar-refractivity contribution is 1.42. The van der Waals surface area contributed by atoms with E-state index >= 15 is 0 Å². The fourth-order valence-electron chi connectivity index (χ4n) is 1.69. The van der Waals surface area contributed by atoms with E-state index in [1.807, 2.05) is 49.4 Å². The third-order valence-corrected chi connectivity index (χ3v) is 2.61. The summed E-state index contributed by atoms with van der Waals surface area (Å²) >= 11 is 0. The number of rotatable bonds is 1. The van der Waals surface area contributed by atoms with Crippen LogP contribution >= 0.6 is 0 Å². The van der Waals surface area contributed by atoms with Gasteiger partial charge < -0.3 is 5.73 Å². The highest BCUT2D eigenvalue weighted by atomic mass is 14.6. The van der Waals surface area contributed by atoms with Crippen LogP contribution in [0.1, 0.15) is 11.1 Å². The van der Waals surface area contributed by atoms with Crippen molar-refractivity contribution < 1.29 is 0 Å². The van der Waals surface area contributed by atoms with Gasteiger partial charge in [-0.2, -0.15) is 5.26 Å². The number of hydrogen-bond donors (Lipinski definition) is 1. The quantitative estimate of drug-likeness (QED) is 0.732. The Hall–Kier alpha value is -2.27. The molecule has 2 heteroatoms. The van der Waals surface area contributed by atoms with Gasteiger partial charge in [-0.3, -0.25) is 0 Å². The SMILES string of the molecule is Cc1cc(-c2ccccc2)cc(C#N)c1N. The summed E-state index contributed by atoms with van der Waals surface area (Å²) in [6, 6.07) is 15.9. The number of nitrogens with zero attached hydrogens (tertiary/aromatic N) is 1. The van der Waals surface area contributed by atoms with E-state index in [-0.39, 0.29) is 0 Å². The maximum atomic E-state index is 8.98. The van der Waals surface area contributed by atoms with Gasteiger partial charge in [-0.25, -0.2) is 0 Å². The van der Waals surface area contributed by atoms with Crippen molar-refractivity contribution in [3.8, 4) is 17.2 Å². The van der Waals surface area contributed by atoms with E-state index in [9.17, 15) is 0 Å². The van der Waals surface area contributed by atoms with Gasteiger partial charge in [0.15, 0.2) is 0 Å². The largest absolute Gasteiger partial charge is 0.397 e. The van der Waals surface area contributed by atoms with Crippen LogP contribution in [0.5, 0.6) is 0 Å². The Kier molecular flexibility index (Phi) is 2.61. The van der Waals surface area contributed by atoms with Crippen molar-refractivity contribution in [2.75, 3.05) is 5.73 Å². The van der Waals surface area contributed by atoms with Crippen LogP contribution in [0.4, 0.5) is 5.69 Å². The Morgan fingerprint density at radius 2 is 1.75 bits per heavy atom. The molecule has 0 saturated heterocycles. The Labute approximate surface area is 95.0 Å². The average molecular weight is 208 g/mol. The van der Waals surface area contributed by atoms with E-state index in [1.165, 1.54) is 0 Å². The van der Waals surface area contributed by atoms with Gasteiger partial charge >= 0.3 is 0 Å². The van der Waals surface area contributed by atoms with E-state index in [1.54, 1.807) is 0 Å². The van der Waals surface area contributed by atoms with Crippen LogP contribution in [-0.2, 0) is 0 Å². The maximum Gasteiger partial charge on any atom is 0.101 e. The fourth-order valence-corrected chi connectivity index (χ4v) is 1.69. The smallest absolute Gasteiger partial charge is 0.101 e. The molecule has 0 spiro atoms.